The van der Waals surface area contributed by atoms with Crippen molar-refractivity contribution < 1.29 is 23.9 Å². The van der Waals surface area contributed by atoms with Crippen LogP contribution in [0.3, 0.4) is 0 Å². The predicted molar refractivity (Wildman–Crippen MR) is 145 cm³/mol. The highest BCUT2D eigenvalue weighted by atomic mass is 35.5. The number of carbonyl (C=O) groups is 3. The molecule has 0 radical (unpaired) electrons. The van der Waals surface area contributed by atoms with E-state index in [-0.39, 0.29) is 28.9 Å². The van der Waals surface area contributed by atoms with Crippen molar-refractivity contribution >= 4 is 57.3 Å². The Morgan fingerprint density at radius 2 is 1.68 bits per heavy atom. The van der Waals surface area contributed by atoms with Gasteiger partial charge in [0.2, 0.25) is 0 Å². The first-order chi connectivity index (χ1) is 18.0. The molecule has 0 saturated carbocycles. The smallest absolute Gasteiger partial charge is 0.345 e. The van der Waals surface area contributed by atoms with E-state index < -0.39 is 11.9 Å². The first kappa shape index (κ1) is 24.6. The van der Waals surface area contributed by atoms with Crippen LogP contribution < -0.4 is 9.47 Å². The third-order valence-electron chi connectivity index (χ3n) is 5.66. The molecule has 0 bridgehead atoms. The molecule has 6 nitrogen and oxygen atoms in total. The average Bonchev–Trinajstić information content (AvgIpc) is 3.16. The summed E-state index contributed by atoms with van der Waals surface area (Å²) < 4.78 is 11.3. The van der Waals surface area contributed by atoms with Crippen LogP contribution in [0.2, 0.25) is 5.02 Å². The molecule has 4 aromatic carbocycles. The van der Waals surface area contributed by atoms with Gasteiger partial charge in [-0.15, -0.1) is 0 Å². The lowest BCUT2D eigenvalue weighted by atomic mass is 10.1. The van der Waals surface area contributed by atoms with Crippen molar-refractivity contribution in [2.24, 2.45) is 0 Å². The molecule has 1 saturated heterocycles. The Hall–Kier alpha value is -4.07. The fourth-order valence-electron chi connectivity index (χ4n) is 3.87. The van der Waals surface area contributed by atoms with E-state index in [4.69, 9.17) is 21.1 Å². The van der Waals surface area contributed by atoms with Crippen LogP contribution >= 0.6 is 23.4 Å². The van der Waals surface area contributed by atoms with Crippen molar-refractivity contribution in [1.82, 2.24) is 4.90 Å². The largest absolute Gasteiger partial charge is 0.491 e. The van der Waals surface area contributed by atoms with Crippen LogP contribution in [0, 0.1) is 0 Å². The van der Waals surface area contributed by atoms with Crippen LogP contribution in [0.15, 0.2) is 95.9 Å². The maximum atomic E-state index is 12.9. The van der Waals surface area contributed by atoms with Gasteiger partial charge in [-0.05, 0) is 59.1 Å². The van der Waals surface area contributed by atoms with Gasteiger partial charge < -0.3 is 9.47 Å². The zero-order valence-electron chi connectivity index (χ0n) is 19.4. The molecule has 0 spiro atoms. The average molecular weight is 530 g/mol. The summed E-state index contributed by atoms with van der Waals surface area (Å²) in [4.78, 5) is 39.4. The summed E-state index contributed by atoms with van der Waals surface area (Å²) in [5.74, 6) is 0.00871. The van der Waals surface area contributed by atoms with Crippen molar-refractivity contribution in [3.63, 3.8) is 0 Å². The molecule has 1 fully saturated rings. The van der Waals surface area contributed by atoms with E-state index in [1.54, 1.807) is 54.6 Å². The molecule has 1 aliphatic rings. The van der Waals surface area contributed by atoms with Crippen LogP contribution in [-0.2, 0) is 4.79 Å². The molecule has 4 aromatic rings. The molecular weight excluding hydrogens is 510 g/mol. The van der Waals surface area contributed by atoms with E-state index in [9.17, 15) is 14.4 Å². The summed E-state index contributed by atoms with van der Waals surface area (Å²) in [6.07, 6.45) is 1.60. The number of nitrogens with zero attached hydrogens (tertiary/aromatic N) is 1. The minimum absolute atomic E-state index is 0.126. The second-order valence-corrected chi connectivity index (χ2v) is 9.50. The zero-order chi connectivity index (χ0) is 25.8. The van der Waals surface area contributed by atoms with Crippen molar-refractivity contribution in [3.8, 4) is 11.5 Å². The third-order valence-corrected chi connectivity index (χ3v) is 6.89. The third kappa shape index (κ3) is 5.53. The second-order valence-electron chi connectivity index (χ2n) is 8.10. The molecule has 1 aliphatic heterocycles. The number of fused-ring (bicyclic) bond motifs is 1. The van der Waals surface area contributed by atoms with Crippen LogP contribution in [0.1, 0.15) is 15.9 Å². The Balaban J connectivity index is 1.24. The lowest BCUT2D eigenvalue weighted by Crippen LogP contribution is -2.32. The fraction of sp³-hybridized carbons (Fsp3) is 0.0690. The van der Waals surface area contributed by atoms with E-state index in [0.29, 0.717) is 22.1 Å². The minimum atomic E-state index is -0.589. The van der Waals surface area contributed by atoms with Gasteiger partial charge in [0.1, 0.15) is 18.1 Å². The predicted octanol–water partition coefficient (Wildman–Crippen LogP) is 6.83. The quantitative estimate of drug-likeness (QED) is 0.148. The Kier molecular flexibility index (Phi) is 7.25. The van der Waals surface area contributed by atoms with Gasteiger partial charge in [-0.2, -0.15) is 0 Å². The molecule has 0 aromatic heterocycles. The molecule has 0 N–H and O–H groups in total. The number of halogens is 1. The Morgan fingerprint density at radius 1 is 0.919 bits per heavy atom. The molecule has 0 unspecified atom stereocenters. The van der Waals surface area contributed by atoms with Crippen molar-refractivity contribution in [2.45, 2.75) is 0 Å². The summed E-state index contributed by atoms with van der Waals surface area (Å²) in [5, 5.41) is 1.95. The lowest BCUT2D eigenvalue weighted by molar-refractivity contribution is -0.123. The van der Waals surface area contributed by atoms with E-state index in [2.05, 4.69) is 0 Å². The van der Waals surface area contributed by atoms with Gasteiger partial charge >= 0.3 is 5.97 Å². The van der Waals surface area contributed by atoms with E-state index in [1.165, 1.54) is 4.90 Å². The highest BCUT2D eigenvalue weighted by molar-refractivity contribution is 8.18. The molecule has 37 heavy (non-hydrogen) atoms. The standard InChI is InChI=1S/C29H20ClNO5S/c30-24-13-4-3-12-23(24)28(33)36-21-10-5-7-19(17-21)18-26-27(32)31(29(34)37-26)15-16-35-25-14-6-9-20-8-1-2-11-22(20)25/h1-14,17-18H,15-16H2/b26-18-. The molecule has 184 valence electrons. The molecule has 0 atom stereocenters. The first-order valence-corrected chi connectivity index (χ1v) is 12.6. The molecule has 1 heterocycles. The van der Waals surface area contributed by atoms with Gasteiger partial charge in [0.25, 0.3) is 11.1 Å². The molecule has 5 rings (SSSR count). The maximum Gasteiger partial charge on any atom is 0.345 e. The summed E-state index contributed by atoms with van der Waals surface area (Å²) >= 11 is 6.94. The zero-order valence-corrected chi connectivity index (χ0v) is 21.0. The SMILES string of the molecule is O=C(Oc1cccc(/C=C2\SC(=O)N(CCOc3cccc4ccccc34)C2=O)c1)c1ccccc1Cl. The number of rotatable bonds is 7. The van der Waals surface area contributed by atoms with E-state index in [1.807, 2.05) is 42.5 Å². The van der Waals surface area contributed by atoms with Gasteiger partial charge in [0, 0.05) is 5.39 Å². The number of benzene rings is 4. The van der Waals surface area contributed by atoms with Crippen molar-refractivity contribution in [3.05, 3.63) is 112 Å². The summed E-state index contributed by atoms with van der Waals surface area (Å²) in [5.41, 5.74) is 0.864. The summed E-state index contributed by atoms with van der Waals surface area (Å²) in [6, 6.07) is 26.9. The number of hydrogen-bond donors (Lipinski definition) is 0. The normalized spacial score (nSPS) is 14.4. The number of amides is 2. The Morgan fingerprint density at radius 3 is 2.54 bits per heavy atom. The van der Waals surface area contributed by atoms with Crippen LogP contribution in [0.4, 0.5) is 4.79 Å². The van der Waals surface area contributed by atoms with Gasteiger partial charge in [-0.3, -0.25) is 14.5 Å². The number of thioether (sulfide) groups is 1. The molecule has 8 heteroatoms. The number of hydrogen-bond acceptors (Lipinski definition) is 6. The highest BCUT2D eigenvalue weighted by Crippen LogP contribution is 2.33. The highest BCUT2D eigenvalue weighted by Gasteiger charge is 2.34. The molecule has 0 aliphatic carbocycles. The number of carbonyl (C=O) groups excluding carboxylic acids is 3. The number of imide groups is 1. The number of ether oxygens (including phenoxy) is 2. The second kappa shape index (κ2) is 10.9. The van der Waals surface area contributed by atoms with Crippen LogP contribution in [-0.4, -0.2) is 35.2 Å². The maximum absolute atomic E-state index is 12.9. The Labute approximate surface area is 222 Å². The first-order valence-electron chi connectivity index (χ1n) is 11.4. The fourth-order valence-corrected chi connectivity index (χ4v) is 4.95. The minimum Gasteiger partial charge on any atom is -0.491 e. The van der Waals surface area contributed by atoms with Crippen LogP contribution in [0.25, 0.3) is 16.8 Å². The molecule has 2 amide bonds. The van der Waals surface area contributed by atoms with Gasteiger partial charge in [-0.25, -0.2) is 4.79 Å². The van der Waals surface area contributed by atoms with Crippen molar-refractivity contribution in [1.29, 1.82) is 0 Å². The van der Waals surface area contributed by atoms with Gasteiger partial charge in [0.05, 0.1) is 22.0 Å². The lowest BCUT2D eigenvalue weighted by Gasteiger charge is -2.14. The number of esters is 1. The summed E-state index contributed by atoms with van der Waals surface area (Å²) in [6.45, 7) is 0.299. The van der Waals surface area contributed by atoms with E-state index in [0.717, 1.165) is 22.5 Å². The van der Waals surface area contributed by atoms with Crippen molar-refractivity contribution in [2.75, 3.05) is 13.2 Å². The molecular formula is C29H20ClNO5S. The van der Waals surface area contributed by atoms with Gasteiger partial charge in [0.15, 0.2) is 0 Å². The van der Waals surface area contributed by atoms with Crippen LogP contribution in [0.5, 0.6) is 11.5 Å². The summed E-state index contributed by atoms with van der Waals surface area (Å²) in [7, 11) is 0. The monoisotopic (exact) mass is 529 g/mol. The van der Waals surface area contributed by atoms with E-state index >= 15 is 0 Å². The van der Waals surface area contributed by atoms with Gasteiger partial charge in [-0.1, -0.05) is 72.3 Å². The Bertz CT molecular complexity index is 1550. The topological polar surface area (TPSA) is 72.9 Å².